The van der Waals surface area contributed by atoms with Gasteiger partial charge in [0.05, 0.1) is 0 Å². The maximum absolute atomic E-state index is 3.81. The molecule has 0 bridgehead atoms. The van der Waals surface area contributed by atoms with Crippen molar-refractivity contribution < 1.29 is 21.1 Å². The van der Waals surface area contributed by atoms with Crippen LogP contribution in [0.5, 0.6) is 0 Å². The molecule has 0 saturated heterocycles. The molecule has 10 heavy (non-hydrogen) atoms. The van der Waals surface area contributed by atoms with Crippen molar-refractivity contribution in [3.63, 3.8) is 0 Å². The van der Waals surface area contributed by atoms with E-state index in [2.05, 4.69) is 39.5 Å². The van der Waals surface area contributed by atoms with Crippen LogP contribution < -0.4 is 0 Å². The second-order valence-electron chi connectivity index (χ2n) is 3.16. The Balaban J connectivity index is 0. The van der Waals surface area contributed by atoms with E-state index in [-0.39, 0.29) is 26.6 Å². The zero-order chi connectivity index (χ0) is 7.49. The normalized spacial score (nSPS) is 11.4. The molecular formula is C8H17NW. The fourth-order valence-electron chi connectivity index (χ4n) is 0.783. The van der Waals surface area contributed by atoms with Gasteiger partial charge in [-0.3, -0.25) is 0 Å². The topological polar surface area (TPSA) is 3.24 Å². The zero-order valence-corrected chi connectivity index (χ0v) is 10.1. The van der Waals surface area contributed by atoms with Crippen LogP contribution in [0.1, 0.15) is 20.8 Å². The van der Waals surface area contributed by atoms with Gasteiger partial charge in [-0.25, -0.2) is 0 Å². The van der Waals surface area contributed by atoms with Gasteiger partial charge in [0.1, 0.15) is 0 Å². The van der Waals surface area contributed by atoms with E-state index in [1.54, 1.807) is 0 Å². The molecule has 0 heterocycles. The van der Waals surface area contributed by atoms with Crippen LogP contribution in [-0.4, -0.2) is 23.5 Å². The van der Waals surface area contributed by atoms with Gasteiger partial charge in [-0.1, -0.05) is 0 Å². The van der Waals surface area contributed by atoms with Gasteiger partial charge < -0.3 is 18.7 Å². The van der Waals surface area contributed by atoms with Crippen molar-refractivity contribution >= 4 is 0 Å². The third-order valence-corrected chi connectivity index (χ3v) is 1.49. The minimum atomic E-state index is 0. The Morgan fingerprint density at radius 2 is 1.40 bits per heavy atom. The summed E-state index contributed by atoms with van der Waals surface area (Å²) in [6.07, 6.45) is 0. The Labute approximate surface area is 79.4 Å². The standard InChI is InChI=1S/C8H17N.W/c1-6-9(7-2)8(3,4)5;/h1-2,6-7H2,3-5H3;/q-2;+2. The Hall–Kier alpha value is 0.648. The summed E-state index contributed by atoms with van der Waals surface area (Å²) >= 11 is 0. The molecule has 0 unspecified atom stereocenters. The van der Waals surface area contributed by atoms with E-state index >= 15 is 0 Å². The van der Waals surface area contributed by atoms with Crippen LogP contribution in [-0.2, 0) is 21.1 Å². The van der Waals surface area contributed by atoms with Crippen LogP contribution in [0, 0.1) is 13.8 Å². The zero-order valence-electron chi connectivity index (χ0n) is 7.18. The monoisotopic (exact) mass is 311 g/mol. The molecule has 0 fully saturated rings. The number of hydrogen-bond acceptors (Lipinski definition) is 1. The Morgan fingerprint density at radius 3 is 1.40 bits per heavy atom. The molecule has 0 saturated carbocycles. The summed E-state index contributed by atoms with van der Waals surface area (Å²) in [5.74, 6) is 0. The van der Waals surface area contributed by atoms with Crippen molar-refractivity contribution in [1.29, 1.82) is 0 Å². The van der Waals surface area contributed by atoms with Gasteiger partial charge in [0.2, 0.25) is 0 Å². The van der Waals surface area contributed by atoms with Crippen molar-refractivity contribution in [3.05, 3.63) is 13.8 Å². The van der Waals surface area contributed by atoms with E-state index in [1.807, 2.05) is 0 Å². The van der Waals surface area contributed by atoms with Gasteiger partial charge in [0, 0.05) is 5.54 Å². The molecule has 0 aliphatic carbocycles. The molecule has 0 N–H and O–H groups in total. The first-order valence-corrected chi connectivity index (χ1v) is 3.36. The van der Waals surface area contributed by atoms with E-state index in [9.17, 15) is 0 Å². The van der Waals surface area contributed by atoms with Crippen LogP contribution in [0.4, 0.5) is 0 Å². The van der Waals surface area contributed by atoms with Gasteiger partial charge in [-0.15, -0.1) is 13.1 Å². The maximum Gasteiger partial charge on any atom is 2.00 e. The van der Waals surface area contributed by atoms with E-state index in [0.29, 0.717) is 0 Å². The fourth-order valence-corrected chi connectivity index (χ4v) is 0.783. The van der Waals surface area contributed by atoms with Crippen molar-refractivity contribution in [1.82, 2.24) is 4.90 Å². The predicted octanol–water partition coefficient (Wildman–Crippen LogP) is 1.75. The Kier molecular flexibility index (Phi) is 7.05. The molecule has 0 aromatic rings. The molecule has 60 valence electrons. The largest absolute Gasteiger partial charge is 2.00 e. The first-order valence-electron chi connectivity index (χ1n) is 3.36. The summed E-state index contributed by atoms with van der Waals surface area (Å²) in [5.41, 5.74) is 0.226. The van der Waals surface area contributed by atoms with Crippen LogP contribution in [0.3, 0.4) is 0 Å². The molecule has 0 amide bonds. The molecule has 0 aliphatic heterocycles. The molecule has 1 nitrogen and oxygen atoms in total. The van der Waals surface area contributed by atoms with Gasteiger partial charge >= 0.3 is 21.1 Å². The van der Waals surface area contributed by atoms with Crippen molar-refractivity contribution in [2.45, 2.75) is 26.3 Å². The first kappa shape index (κ1) is 13.3. The first-order chi connectivity index (χ1) is 4.02. The van der Waals surface area contributed by atoms with E-state index in [0.717, 1.165) is 13.1 Å². The summed E-state index contributed by atoms with van der Waals surface area (Å²) in [7, 11) is 0. The van der Waals surface area contributed by atoms with E-state index < -0.39 is 0 Å². The second kappa shape index (κ2) is 5.32. The molecule has 2 heteroatoms. The molecule has 0 atom stereocenters. The third kappa shape index (κ3) is 4.46. The van der Waals surface area contributed by atoms with E-state index in [4.69, 9.17) is 0 Å². The molecule has 0 spiro atoms. The smallest absolute Gasteiger partial charge is 0.358 e. The van der Waals surface area contributed by atoms with Crippen molar-refractivity contribution in [2.75, 3.05) is 13.1 Å². The van der Waals surface area contributed by atoms with Crippen LogP contribution >= 0.6 is 0 Å². The number of nitrogens with zero attached hydrogens (tertiary/aromatic N) is 1. The summed E-state index contributed by atoms with van der Waals surface area (Å²) in [6, 6.07) is 0. The average molecular weight is 311 g/mol. The van der Waals surface area contributed by atoms with Crippen LogP contribution in [0.2, 0.25) is 0 Å². The van der Waals surface area contributed by atoms with Crippen molar-refractivity contribution in [2.24, 2.45) is 0 Å². The fraction of sp³-hybridized carbons (Fsp3) is 0.750. The molecule has 0 aromatic carbocycles. The summed E-state index contributed by atoms with van der Waals surface area (Å²) in [6.45, 7) is 15.8. The second-order valence-corrected chi connectivity index (χ2v) is 3.16. The minimum Gasteiger partial charge on any atom is -0.358 e. The Bertz CT molecular complexity index is 71.8. The van der Waals surface area contributed by atoms with Crippen molar-refractivity contribution in [3.8, 4) is 0 Å². The molecule has 0 radical (unpaired) electrons. The van der Waals surface area contributed by atoms with Crippen LogP contribution in [0.15, 0.2) is 0 Å². The van der Waals surface area contributed by atoms with Gasteiger partial charge in [0.25, 0.3) is 0 Å². The molecular weight excluding hydrogens is 294 g/mol. The van der Waals surface area contributed by atoms with Gasteiger partial charge in [-0.2, -0.15) is 0 Å². The minimum absolute atomic E-state index is 0. The quantitative estimate of drug-likeness (QED) is 0.703. The molecule has 0 aromatic heterocycles. The molecule has 0 rings (SSSR count). The SMILES string of the molecule is [CH2-]CN(C[CH2-])C(C)(C)C.[W+2]. The van der Waals surface area contributed by atoms with Gasteiger partial charge in [0.15, 0.2) is 0 Å². The number of hydrogen-bond donors (Lipinski definition) is 0. The Morgan fingerprint density at radius 1 is 1.10 bits per heavy atom. The summed E-state index contributed by atoms with van der Waals surface area (Å²) in [4.78, 5) is 2.22. The van der Waals surface area contributed by atoms with E-state index in [1.165, 1.54) is 0 Å². The number of rotatable bonds is 2. The maximum atomic E-state index is 3.81. The third-order valence-electron chi connectivity index (χ3n) is 1.49. The average Bonchev–Trinajstić information content (AvgIpc) is 1.65. The van der Waals surface area contributed by atoms with Gasteiger partial charge in [-0.05, 0) is 20.8 Å². The summed E-state index contributed by atoms with van der Waals surface area (Å²) < 4.78 is 0. The summed E-state index contributed by atoms with van der Waals surface area (Å²) in [5, 5.41) is 0. The van der Waals surface area contributed by atoms with Crippen LogP contribution in [0.25, 0.3) is 0 Å². The predicted molar refractivity (Wildman–Crippen MR) is 42.0 cm³/mol. The molecule has 0 aliphatic rings.